The molecule has 0 aliphatic rings. The maximum atomic E-state index is 5.52. The van der Waals surface area contributed by atoms with Crippen LogP contribution in [0.3, 0.4) is 0 Å². The van der Waals surface area contributed by atoms with Crippen molar-refractivity contribution < 1.29 is 9.16 Å². The number of hydrogen-bond donors (Lipinski definition) is 0. The Bertz CT molecular complexity index is 218. The monoisotopic (exact) mass is 226 g/mol. The first-order valence-corrected chi connectivity index (χ1v) is 8.09. The highest BCUT2D eigenvalue weighted by Crippen LogP contribution is 2.09. The molecule has 15 heavy (non-hydrogen) atoms. The highest BCUT2D eigenvalue weighted by Gasteiger charge is 2.15. The van der Waals surface area contributed by atoms with Gasteiger partial charge < -0.3 is 9.16 Å². The molecule has 86 valence electrons. The third kappa shape index (κ3) is 19.3. The van der Waals surface area contributed by atoms with E-state index < -0.39 is 8.32 Å². The Morgan fingerprint density at radius 2 is 1.60 bits per heavy atom. The van der Waals surface area contributed by atoms with Crippen LogP contribution in [0.1, 0.15) is 0 Å². The van der Waals surface area contributed by atoms with Crippen molar-refractivity contribution >= 4 is 8.32 Å². The average molecular weight is 226 g/mol. The third-order valence-electron chi connectivity index (χ3n) is 0.994. The largest absolute Gasteiger partial charge is 0.545 e. The standard InChI is InChI=1S/C8H16O2Si.C4H6/c1-8(6-7-9-2)10-11(3,4)5;1-3-4-2/h6-7H,1H2,2-5H3;3-4H,1-2H2. The topological polar surface area (TPSA) is 18.5 Å². The van der Waals surface area contributed by atoms with E-state index in [1.807, 2.05) is 0 Å². The molecule has 0 aromatic rings. The number of allylic oxidation sites excluding steroid dienone is 3. The Balaban J connectivity index is 0. The molecule has 0 N–H and O–H groups in total. The van der Waals surface area contributed by atoms with Gasteiger partial charge in [-0.15, -0.1) is 0 Å². The van der Waals surface area contributed by atoms with Crippen LogP contribution < -0.4 is 0 Å². The second-order valence-corrected chi connectivity index (χ2v) is 8.12. The van der Waals surface area contributed by atoms with Gasteiger partial charge in [-0.2, -0.15) is 0 Å². The Morgan fingerprint density at radius 1 is 1.13 bits per heavy atom. The number of methoxy groups -OCH3 is 1. The molecule has 0 amide bonds. The van der Waals surface area contributed by atoms with Crippen molar-refractivity contribution in [1.29, 1.82) is 0 Å². The minimum Gasteiger partial charge on any atom is -0.545 e. The van der Waals surface area contributed by atoms with Gasteiger partial charge in [0, 0.05) is 6.08 Å². The Morgan fingerprint density at radius 3 is 1.87 bits per heavy atom. The summed E-state index contributed by atoms with van der Waals surface area (Å²) in [7, 11) is 0.119. The van der Waals surface area contributed by atoms with Crippen LogP contribution in [-0.4, -0.2) is 15.4 Å². The first-order chi connectivity index (χ1) is 6.87. The lowest BCUT2D eigenvalue weighted by Crippen LogP contribution is -2.24. The fourth-order valence-electron chi connectivity index (χ4n) is 0.571. The quantitative estimate of drug-likeness (QED) is 0.402. The summed E-state index contributed by atoms with van der Waals surface area (Å²) >= 11 is 0. The van der Waals surface area contributed by atoms with Crippen LogP contribution in [0, 0.1) is 0 Å². The van der Waals surface area contributed by atoms with E-state index >= 15 is 0 Å². The minimum atomic E-state index is -1.48. The van der Waals surface area contributed by atoms with Gasteiger partial charge in [0.15, 0.2) is 0 Å². The lowest BCUT2D eigenvalue weighted by molar-refractivity contribution is 0.334. The van der Waals surface area contributed by atoms with Gasteiger partial charge in [-0.25, -0.2) is 0 Å². The summed E-state index contributed by atoms with van der Waals surface area (Å²) in [5.74, 6) is 0.672. The molecule has 0 unspecified atom stereocenters. The van der Waals surface area contributed by atoms with E-state index in [9.17, 15) is 0 Å². The third-order valence-corrected chi connectivity index (χ3v) is 1.87. The van der Waals surface area contributed by atoms with Gasteiger partial charge in [0.05, 0.1) is 19.1 Å². The van der Waals surface area contributed by atoms with Gasteiger partial charge in [0.1, 0.15) is 0 Å². The van der Waals surface area contributed by atoms with Crippen molar-refractivity contribution in [3.63, 3.8) is 0 Å². The van der Waals surface area contributed by atoms with Crippen LogP contribution in [-0.2, 0) is 9.16 Å². The van der Waals surface area contributed by atoms with Crippen LogP contribution in [0.4, 0.5) is 0 Å². The van der Waals surface area contributed by atoms with Gasteiger partial charge >= 0.3 is 0 Å². The fourth-order valence-corrected chi connectivity index (χ4v) is 1.43. The molecule has 0 bridgehead atoms. The van der Waals surface area contributed by atoms with E-state index in [4.69, 9.17) is 9.16 Å². The zero-order valence-corrected chi connectivity index (χ0v) is 11.2. The molecular formula is C12H22O2Si. The highest BCUT2D eigenvalue weighted by atomic mass is 28.4. The SMILES string of the molecule is C=C(C=COC)O[Si](C)(C)C.C=CC=C. The van der Waals surface area contributed by atoms with Crippen LogP contribution in [0.15, 0.2) is 50.0 Å². The van der Waals surface area contributed by atoms with Crippen molar-refractivity contribution in [2.75, 3.05) is 7.11 Å². The summed E-state index contributed by atoms with van der Waals surface area (Å²) < 4.78 is 10.2. The van der Waals surface area contributed by atoms with E-state index in [1.165, 1.54) is 0 Å². The maximum absolute atomic E-state index is 5.52. The number of hydrogen-bond acceptors (Lipinski definition) is 2. The van der Waals surface area contributed by atoms with E-state index in [-0.39, 0.29) is 0 Å². The molecule has 0 atom stereocenters. The lowest BCUT2D eigenvalue weighted by Gasteiger charge is -2.18. The summed E-state index contributed by atoms with van der Waals surface area (Å²) in [5, 5.41) is 0. The molecule has 3 heteroatoms. The second kappa shape index (κ2) is 9.34. The number of ether oxygens (including phenoxy) is 1. The van der Waals surface area contributed by atoms with Crippen LogP contribution in [0.5, 0.6) is 0 Å². The van der Waals surface area contributed by atoms with E-state index in [1.54, 1.807) is 31.6 Å². The Labute approximate surface area is 94.7 Å². The molecule has 0 saturated heterocycles. The molecule has 0 heterocycles. The van der Waals surface area contributed by atoms with Gasteiger partial charge in [-0.05, 0) is 19.6 Å². The average Bonchev–Trinajstić information content (AvgIpc) is 2.12. The second-order valence-electron chi connectivity index (χ2n) is 3.69. The van der Waals surface area contributed by atoms with Gasteiger partial charge in [-0.3, -0.25) is 0 Å². The summed E-state index contributed by atoms with van der Waals surface area (Å²) in [6.07, 6.45) is 6.56. The molecule has 0 aromatic carbocycles. The minimum absolute atomic E-state index is 0.672. The van der Waals surface area contributed by atoms with Crippen LogP contribution >= 0.6 is 0 Å². The van der Waals surface area contributed by atoms with Gasteiger partial charge in [0.25, 0.3) is 0 Å². The lowest BCUT2D eigenvalue weighted by atomic mass is 10.5. The molecule has 0 rings (SSSR count). The van der Waals surface area contributed by atoms with Crippen LogP contribution in [0.25, 0.3) is 0 Å². The predicted octanol–water partition coefficient (Wildman–Crippen LogP) is 3.87. The van der Waals surface area contributed by atoms with Crippen molar-refractivity contribution in [2.24, 2.45) is 0 Å². The maximum Gasteiger partial charge on any atom is 0.242 e. The van der Waals surface area contributed by atoms with Crippen molar-refractivity contribution in [3.8, 4) is 0 Å². The molecule has 0 saturated carbocycles. The summed E-state index contributed by atoms with van der Waals surface area (Å²) in [6.45, 7) is 16.8. The van der Waals surface area contributed by atoms with E-state index in [0.29, 0.717) is 5.76 Å². The zero-order chi connectivity index (χ0) is 12.3. The normalized spacial score (nSPS) is 9.87. The van der Waals surface area contributed by atoms with Crippen molar-refractivity contribution in [3.05, 3.63) is 50.0 Å². The Kier molecular flexibility index (Phi) is 10.1. The van der Waals surface area contributed by atoms with Crippen molar-refractivity contribution in [1.82, 2.24) is 0 Å². The highest BCUT2D eigenvalue weighted by molar-refractivity contribution is 6.70. The smallest absolute Gasteiger partial charge is 0.242 e. The van der Waals surface area contributed by atoms with Crippen molar-refractivity contribution in [2.45, 2.75) is 19.6 Å². The number of rotatable bonds is 5. The zero-order valence-electron chi connectivity index (χ0n) is 10.2. The van der Waals surface area contributed by atoms with E-state index in [0.717, 1.165) is 0 Å². The molecule has 0 aliphatic heterocycles. The molecule has 0 aliphatic carbocycles. The molecule has 0 radical (unpaired) electrons. The summed E-state index contributed by atoms with van der Waals surface area (Å²) in [6, 6.07) is 0. The fraction of sp³-hybridized carbons (Fsp3) is 0.333. The van der Waals surface area contributed by atoms with Gasteiger partial charge in [-0.1, -0.05) is 31.9 Å². The van der Waals surface area contributed by atoms with Gasteiger partial charge in [0.2, 0.25) is 8.32 Å². The first-order valence-electron chi connectivity index (χ1n) is 4.68. The molecule has 0 spiro atoms. The molecule has 0 fully saturated rings. The first kappa shape index (κ1) is 16.2. The molecule has 2 nitrogen and oxygen atoms in total. The predicted molar refractivity (Wildman–Crippen MR) is 70.1 cm³/mol. The Hall–Kier alpha value is -1.22. The van der Waals surface area contributed by atoms with E-state index in [2.05, 4.69) is 39.4 Å². The molecule has 0 aromatic heterocycles. The summed E-state index contributed by atoms with van der Waals surface area (Å²) in [4.78, 5) is 0. The molecular weight excluding hydrogens is 204 g/mol. The van der Waals surface area contributed by atoms with Crippen LogP contribution in [0.2, 0.25) is 19.6 Å². The summed E-state index contributed by atoms with van der Waals surface area (Å²) in [5.41, 5.74) is 0.